The molecule has 0 saturated heterocycles. The zero-order valence-electron chi connectivity index (χ0n) is 14.2. The van der Waals surface area contributed by atoms with Gasteiger partial charge in [-0.25, -0.2) is 0 Å². The first kappa shape index (κ1) is 17.7. The Balaban J connectivity index is 1.87. The van der Waals surface area contributed by atoms with Gasteiger partial charge in [0, 0.05) is 18.7 Å². The molecule has 0 fully saturated rings. The minimum Gasteiger partial charge on any atom is -0.484 e. The van der Waals surface area contributed by atoms with Gasteiger partial charge in [-0.3, -0.25) is 9.59 Å². The first-order chi connectivity index (χ1) is 11.6. The highest BCUT2D eigenvalue weighted by molar-refractivity contribution is 5.94. The second-order valence-electron chi connectivity index (χ2n) is 5.58. The lowest BCUT2D eigenvalue weighted by molar-refractivity contribution is -0.133. The zero-order chi connectivity index (χ0) is 17.4. The molecule has 0 saturated carbocycles. The van der Waals surface area contributed by atoms with E-state index in [0.717, 1.165) is 6.42 Å². The van der Waals surface area contributed by atoms with Crippen LogP contribution in [0.15, 0.2) is 54.6 Å². The number of carbonyl (C=O) groups excluding carboxylic acids is 2. The molecule has 0 aromatic heterocycles. The monoisotopic (exact) mass is 325 g/mol. The van der Waals surface area contributed by atoms with Gasteiger partial charge in [0.25, 0.3) is 5.91 Å². The van der Waals surface area contributed by atoms with Gasteiger partial charge in [-0.15, -0.1) is 0 Å². The lowest BCUT2D eigenvalue weighted by Gasteiger charge is -2.21. The predicted molar refractivity (Wildman–Crippen MR) is 94.3 cm³/mol. The first-order valence-electron chi connectivity index (χ1n) is 8.15. The van der Waals surface area contributed by atoms with E-state index in [1.165, 1.54) is 12.5 Å². The molecule has 4 heteroatoms. The van der Waals surface area contributed by atoms with Crippen molar-refractivity contribution in [2.75, 3.05) is 19.7 Å². The van der Waals surface area contributed by atoms with Crippen molar-refractivity contribution in [3.8, 4) is 5.75 Å². The quantitative estimate of drug-likeness (QED) is 0.699. The number of benzene rings is 2. The Morgan fingerprint density at radius 3 is 2.46 bits per heavy atom. The van der Waals surface area contributed by atoms with E-state index in [9.17, 15) is 9.59 Å². The fourth-order valence-corrected chi connectivity index (χ4v) is 2.41. The predicted octanol–water partition coefficient (Wildman–Crippen LogP) is 3.36. The van der Waals surface area contributed by atoms with Crippen LogP contribution in [0.2, 0.25) is 0 Å². The molecule has 4 nitrogen and oxygen atoms in total. The largest absolute Gasteiger partial charge is 0.484 e. The Kier molecular flexibility index (Phi) is 6.55. The number of nitrogens with zero attached hydrogens (tertiary/aromatic N) is 1. The van der Waals surface area contributed by atoms with Gasteiger partial charge in [0.05, 0.1) is 0 Å². The summed E-state index contributed by atoms with van der Waals surface area (Å²) in [4.78, 5) is 25.5. The Bertz CT molecular complexity index is 682. The van der Waals surface area contributed by atoms with Crippen LogP contribution in [0.5, 0.6) is 5.75 Å². The van der Waals surface area contributed by atoms with Crippen molar-refractivity contribution in [1.82, 2.24) is 4.90 Å². The highest BCUT2D eigenvalue weighted by Crippen LogP contribution is 2.14. The van der Waals surface area contributed by atoms with Gasteiger partial charge in [-0.2, -0.15) is 0 Å². The van der Waals surface area contributed by atoms with E-state index in [-0.39, 0.29) is 18.3 Å². The summed E-state index contributed by atoms with van der Waals surface area (Å²) in [5, 5.41) is 0. The molecule has 24 heavy (non-hydrogen) atoms. The van der Waals surface area contributed by atoms with Crippen molar-refractivity contribution in [3.63, 3.8) is 0 Å². The van der Waals surface area contributed by atoms with E-state index in [1.807, 2.05) is 25.1 Å². The molecule has 0 unspecified atom stereocenters. The summed E-state index contributed by atoms with van der Waals surface area (Å²) in [5.74, 6) is 0.460. The van der Waals surface area contributed by atoms with Gasteiger partial charge >= 0.3 is 0 Å². The molecule has 0 bridgehead atoms. The maximum Gasteiger partial charge on any atom is 0.260 e. The van der Waals surface area contributed by atoms with E-state index in [0.29, 0.717) is 24.4 Å². The molecular weight excluding hydrogens is 302 g/mol. The number of hydrogen-bond acceptors (Lipinski definition) is 3. The third kappa shape index (κ3) is 5.23. The van der Waals surface area contributed by atoms with Crippen LogP contribution in [0.3, 0.4) is 0 Å². The number of Topliss-reactive ketones (excluding diaryl/α,β-unsaturated/α-hetero) is 1. The maximum absolute atomic E-state index is 12.3. The van der Waals surface area contributed by atoms with E-state index in [1.54, 1.807) is 29.2 Å². The number of hydrogen-bond donors (Lipinski definition) is 0. The molecule has 1 amide bonds. The van der Waals surface area contributed by atoms with Gasteiger partial charge in [-0.1, -0.05) is 42.5 Å². The van der Waals surface area contributed by atoms with E-state index in [2.05, 4.69) is 12.1 Å². The van der Waals surface area contributed by atoms with Crippen molar-refractivity contribution < 1.29 is 14.3 Å². The summed E-state index contributed by atoms with van der Waals surface area (Å²) >= 11 is 0. The minimum atomic E-state index is -0.0540. The van der Waals surface area contributed by atoms with Gasteiger partial charge in [-0.05, 0) is 38.0 Å². The standard InChI is InChI=1S/C20H23NO3/c1-3-21(13-12-17-8-5-4-6-9-17)20(23)15-24-19-11-7-10-18(14-19)16(2)22/h4-11,14H,3,12-13,15H2,1-2H3. The SMILES string of the molecule is CCN(CCc1ccccc1)C(=O)COc1cccc(C(C)=O)c1. The molecule has 0 aliphatic rings. The van der Waals surface area contributed by atoms with E-state index in [4.69, 9.17) is 4.74 Å². The summed E-state index contributed by atoms with van der Waals surface area (Å²) < 4.78 is 5.55. The molecule has 2 aromatic carbocycles. The van der Waals surface area contributed by atoms with Crippen molar-refractivity contribution in [2.24, 2.45) is 0 Å². The summed E-state index contributed by atoms with van der Waals surface area (Å²) in [6, 6.07) is 17.0. The Morgan fingerprint density at radius 2 is 1.79 bits per heavy atom. The molecular formula is C20H23NO3. The third-order valence-electron chi connectivity index (χ3n) is 3.85. The highest BCUT2D eigenvalue weighted by atomic mass is 16.5. The maximum atomic E-state index is 12.3. The smallest absolute Gasteiger partial charge is 0.260 e. The highest BCUT2D eigenvalue weighted by Gasteiger charge is 2.12. The van der Waals surface area contributed by atoms with Crippen LogP contribution in [0, 0.1) is 0 Å². The average molecular weight is 325 g/mol. The number of carbonyl (C=O) groups is 2. The Hall–Kier alpha value is -2.62. The summed E-state index contributed by atoms with van der Waals surface area (Å²) in [6.07, 6.45) is 0.820. The van der Waals surface area contributed by atoms with Crippen LogP contribution < -0.4 is 4.74 Å². The van der Waals surface area contributed by atoms with Gasteiger partial charge in [0.2, 0.25) is 0 Å². The van der Waals surface area contributed by atoms with E-state index >= 15 is 0 Å². The molecule has 0 atom stereocenters. The molecule has 0 N–H and O–H groups in total. The number of rotatable bonds is 8. The summed E-state index contributed by atoms with van der Waals surface area (Å²) in [6.45, 7) is 4.74. The van der Waals surface area contributed by atoms with Gasteiger partial charge < -0.3 is 9.64 Å². The van der Waals surface area contributed by atoms with Crippen molar-refractivity contribution in [3.05, 3.63) is 65.7 Å². The van der Waals surface area contributed by atoms with Crippen LogP contribution in [0.1, 0.15) is 29.8 Å². The Labute approximate surface area is 143 Å². The average Bonchev–Trinajstić information content (AvgIpc) is 2.61. The van der Waals surface area contributed by atoms with Gasteiger partial charge in [0.15, 0.2) is 12.4 Å². The van der Waals surface area contributed by atoms with Crippen molar-refractivity contribution in [1.29, 1.82) is 0 Å². The molecule has 0 aliphatic carbocycles. The van der Waals surface area contributed by atoms with Gasteiger partial charge in [0.1, 0.15) is 5.75 Å². The van der Waals surface area contributed by atoms with Crippen LogP contribution in [-0.2, 0) is 11.2 Å². The number of likely N-dealkylation sites (N-methyl/N-ethyl adjacent to an activating group) is 1. The number of ketones is 1. The fourth-order valence-electron chi connectivity index (χ4n) is 2.41. The van der Waals surface area contributed by atoms with Crippen molar-refractivity contribution >= 4 is 11.7 Å². The molecule has 2 rings (SSSR count). The topological polar surface area (TPSA) is 46.6 Å². The molecule has 0 radical (unpaired) electrons. The second-order valence-corrected chi connectivity index (χ2v) is 5.58. The second kappa shape index (κ2) is 8.87. The lowest BCUT2D eigenvalue weighted by Crippen LogP contribution is -2.36. The number of amides is 1. The van der Waals surface area contributed by atoms with Crippen LogP contribution in [0.25, 0.3) is 0 Å². The number of ether oxygens (including phenoxy) is 1. The Morgan fingerprint density at radius 1 is 1.04 bits per heavy atom. The zero-order valence-corrected chi connectivity index (χ0v) is 14.2. The third-order valence-corrected chi connectivity index (χ3v) is 3.85. The first-order valence-corrected chi connectivity index (χ1v) is 8.15. The van der Waals surface area contributed by atoms with Crippen LogP contribution in [0.4, 0.5) is 0 Å². The summed E-state index contributed by atoms with van der Waals surface area (Å²) in [7, 11) is 0. The lowest BCUT2D eigenvalue weighted by atomic mass is 10.1. The summed E-state index contributed by atoms with van der Waals surface area (Å²) in [5.41, 5.74) is 1.79. The normalized spacial score (nSPS) is 10.2. The fraction of sp³-hybridized carbons (Fsp3) is 0.300. The van der Waals surface area contributed by atoms with Crippen LogP contribution >= 0.6 is 0 Å². The van der Waals surface area contributed by atoms with Crippen molar-refractivity contribution in [2.45, 2.75) is 20.3 Å². The molecule has 0 spiro atoms. The molecule has 0 heterocycles. The molecule has 2 aromatic rings. The molecule has 126 valence electrons. The molecule has 0 aliphatic heterocycles. The van der Waals surface area contributed by atoms with Crippen LogP contribution in [-0.4, -0.2) is 36.3 Å². The van der Waals surface area contributed by atoms with E-state index < -0.39 is 0 Å². The minimum absolute atomic E-state index is 0.0233.